The van der Waals surface area contributed by atoms with Crippen LogP contribution >= 0.6 is 16.7 Å². The summed E-state index contributed by atoms with van der Waals surface area (Å²) in [4.78, 5) is 46.5. The molecule has 0 aliphatic carbocycles. The Morgan fingerprint density at radius 3 is 1.06 bits per heavy atom. The van der Waals surface area contributed by atoms with Crippen molar-refractivity contribution >= 4 is 50.6 Å². The summed E-state index contributed by atoms with van der Waals surface area (Å²) in [7, 11) is 4.64. The monoisotopic (exact) mass is 1530 g/mol. The lowest BCUT2D eigenvalue weighted by Crippen LogP contribution is -2.38. The third kappa shape index (κ3) is 14.8. The minimum absolute atomic E-state index is 0. The van der Waals surface area contributed by atoms with E-state index in [-0.39, 0.29) is 38.4 Å². The van der Waals surface area contributed by atoms with Crippen molar-refractivity contribution in [3.63, 3.8) is 0 Å². The van der Waals surface area contributed by atoms with Gasteiger partial charge in [-0.05, 0) is 124 Å². The number of halogens is 2. The average molecular weight is 1530 g/mol. The average Bonchev–Trinajstić information content (AvgIpc) is 1.45. The summed E-state index contributed by atoms with van der Waals surface area (Å²) in [5, 5.41) is 21.5. The van der Waals surface area contributed by atoms with Gasteiger partial charge in [0.15, 0.2) is 59.5 Å². The normalized spacial score (nSPS) is 18.3. The number of aromatic nitrogens is 10. The van der Waals surface area contributed by atoms with E-state index in [0.717, 1.165) is 33.4 Å². The molecule has 9 atom stereocenters. The zero-order valence-electron chi connectivity index (χ0n) is 60.2. The Labute approximate surface area is 634 Å². The second-order valence-electron chi connectivity index (χ2n) is 25.4. The van der Waals surface area contributed by atoms with Crippen LogP contribution in [-0.4, -0.2) is 129 Å². The number of benzene rings is 8. The van der Waals surface area contributed by atoms with E-state index in [1.807, 2.05) is 216 Å². The Hall–Kier alpha value is -11.8. The van der Waals surface area contributed by atoms with Crippen LogP contribution in [0.4, 0.5) is 8.78 Å². The molecule has 2 aliphatic rings. The number of fused-ring (bicyclic) bond motifs is 4. The molecule has 8 heterocycles. The summed E-state index contributed by atoms with van der Waals surface area (Å²) < 4.78 is 103. The zero-order valence-corrected chi connectivity index (χ0v) is 62.0. The van der Waals surface area contributed by atoms with Crippen LogP contribution in [0, 0.1) is 0 Å². The zero-order chi connectivity index (χ0) is 76.5. The molecule has 0 radical (unpaired) electrons. The second-order valence-corrected chi connectivity index (χ2v) is 26.8. The van der Waals surface area contributed by atoms with E-state index in [4.69, 9.17) is 42.9 Å². The summed E-state index contributed by atoms with van der Waals surface area (Å²) in [6.45, 7) is 5.12. The molecule has 0 bridgehead atoms. The number of hydrogen-bond donors (Lipinski definition) is 2. The molecule has 24 nitrogen and oxygen atoms in total. The van der Waals surface area contributed by atoms with Gasteiger partial charge in [0.1, 0.15) is 52.0 Å². The highest BCUT2D eigenvalue weighted by molar-refractivity contribution is 7.38. The topological polar surface area (TPSA) is 263 Å². The van der Waals surface area contributed by atoms with Crippen molar-refractivity contribution in [1.29, 1.82) is 0 Å². The Morgan fingerprint density at radius 1 is 0.464 bits per heavy atom. The largest absolute Gasteiger partial charge is 0.552 e. The molecular weight excluding hydrogens is 1450 g/mol. The van der Waals surface area contributed by atoms with Gasteiger partial charge in [-0.2, -0.15) is 9.97 Å². The molecular formula is C82H81F2N10O14P2+. The van der Waals surface area contributed by atoms with Crippen LogP contribution in [-0.2, 0) is 29.7 Å². The number of ether oxygens (including phenoxy) is 6. The molecule has 2 aliphatic heterocycles. The molecule has 8 aromatic carbocycles. The summed E-state index contributed by atoms with van der Waals surface area (Å²) in [6, 6.07) is 69.0. The Balaban J connectivity index is 0.000000164. The predicted octanol–water partition coefficient (Wildman–Crippen LogP) is 14.8. The van der Waals surface area contributed by atoms with Gasteiger partial charge in [-0.25, -0.2) is 32.1 Å². The number of hydrogen-bond acceptors (Lipinski definition) is 18. The quantitative estimate of drug-likeness (QED) is 0.0530. The van der Waals surface area contributed by atoms with E-state index in [9.17, 15) is 37.7 Å². The smallest absolute Gasteiger partial charge is 0.497 e. The first-order chi connectivity index (χ1) is 53.0. The lowest BCUT2D eigenvalue weighted by molar-refractivity contribution is -0.0355. The number of rotatable bonds is 20. The van der Waals surface area contributed by atoms with Gasteiger partial charge in [-0.15, -0.1) is 0 Å². The number of methoxy groups -OCH3 is 4. The van der Waals surface area contributed by atoms with Gasteiger partial charge in [0, 0.05) is 24.8 Å². The standard InChI is InChI=1S/2C34H32FN5O5.C7H8O2P.C6H5O2P.CH4/c2*1-4-26-27(35)29(41)32(45-26)39-20-36-28-30(39)37-33-38(31(28)42)18-19-40(33)34(21-8-6-5-7-9-21,22-10-14-24(43-2)15-11-22)23-12-16-25(44-3)17-13-23;1-10(8)9-7-5-3-2-4-6-7;7-9-8-6-4-2-1-3-5-6;/h2*5-20,26-27,29,32,41H,4H2,1-3H3;2-6H,1H3;1-5H;1H4/q;;+1;;/t2*26-,27-,29-,32-;;;/m11.../s1. The fourth-order valence-electron chi connectivity index (χ4n) is 14.0. The first-order valence-electron chi connectivity index (χ1n) is 34.8. The first-order valence-corrected chi connectivity index (χ1v) is 37.2. The number of aliphatic hydroxyl groups excluding tert-OH is 2. The summed E-state index contributed by atoms with van der Waals surface area (Å²) in [5.41, 5.74) is 2.95. The first kappa shape index (κ1) is 77.8. The molecule has 14 aromatic rings. The van der Waals surface area contributed by atoms with Gasteiger partial charge >= 0.3 is 16.7 Å². The fourth-order valence-corrected chi connectivity index (χ4v) is 14.7. The maximum absolute atomic E-state index is 14.9. The molecule has 2 fully saturated rings. The van der Waals surface area contributed by atoms with E-state index >= 15 is 0 Å². The molecule has 0 spiro atoms. The van der Waals surface area contributed by atoms with Gasteiger partial charge in [0.05, 0.1) is 53.3 Å². The fraction of sp³-hybridized carbons (Fsp3) is 0.244. The maximum Gasteiger partial charge on any atom is 0.552 e. The van der Waals surface area contributed by atoms with Crippen LogP contribution in [0.25, 0.3) is 33.9 Å². The van der Waals surface area contributed by atoms with Crippen LogP contribution in [0.5, 0.6) is 34.5 Å². The Morgan fingerprint density at radius 2 is 0.773 bits per heavy atom. The minimum Gasteiger partial charge on any atom is -0.497 e. The lowest BCUT2D eigenvalue weighted by atomic mass is 9.76. The Bertz CT molecular complexity index is 5160. The van der Waals surface area contributed by atoms with Crippen LogP contribution in [0.15, 0.2) is 265 Å². The Kier molecular flexibility index (Phi) is 24.2. The number of imidazole rings is 4. The molecule has 6 aromatic heterocycles. The number of alkyl halides is 2. The summed E-state index contributed by atoms with van der Waals surface area (Å²) >= 11 is 0. The van der Waals surface area contributed by atoms with Gasteiger partial charge in [-0.3, -0.25) is 32.4 Å². The molecule has 2 saturated heterocycles. The van der Waals surface area contributed by atoms with Crippen molar-refractivity contribution in [2.45, 2.75) is 94.4 Å². The molecule has 28 heteroatoms. The van der Waals surface area contributed by atoms with Crippen molar-refractivity contribution in [3.8, 4) is 34.5 Å². The molecule has 566 valence electrons. The molecule has 2 N–H and O–H groups in total. The minimum atomic E-state index is -1.58. The van der Waals surface area contributed by atoms with Crippen molar-refractivity contribution in [1.82, 2.24) is 47.0 Å². The van der Waals surface area contributed by atoms with Gasteiger partial charge in [0.25, 0.3) is 11.1 Å². The van der Waals surface area contributed by atoms with Gasteiger partial charge in [-0.1, -0.05) is 167 Å². The second kappa shape index (κ2) is 34.2. The molecule has 16 rings (SSSR count). The third-order valence-electron chi connectivity index (χ3n) is 19.3. The van der Waals surface area contributed by atoms with Crippen molar-refractivity contribution < 1.29 is 65.6 Å². The highest BCUT2D eigenvalue weighted by Crippen LogP contribution is 2.46. The SMILES string of the molecule is C.CC[C@H]1O[C@@H](n2cnc3c(=O)n4ccn(C(c5ccccc5)(c5ccc(OC)cc5)c5ccc(OC)cc5)c4nc32)[C@H](O)[C@@H]1F.CC[C@H]1O[C@@H](n2cnc3c(=O)n4ccn(C(c5ccccc5)(c5ccc(OC)cc5)c5ccc(OC)cc5)c4nc32)[C@H](O)[C@@H]1F.C[P+](=O)Oc1ccccc1.O=POc1ccccc1. The van der Waals surface area contributed by atoms with E-state index in [1.165, 1.54) is 37.3 Å². The van der Waals surface area contributed by atoms with Crippen molar-refractivity contribution in [2.24, 2.45) is 0 Å². The number of para-hydroxylation sites is 2. The van der Waals surface area contributed by atoms with E-state index in [2.05, 4.69) is 14.5 Å². The van der Waals surface area contributed by atoms with E-state index in [1.54, 1.807) is 78.9 Å². The molecule has 0 amide bonds. The van der Waals surface area contributed by atoms with Gasteiger partial charge in [0.2, 0.25) is 11.6 Å². The number of nitrogens with zero attached hydrogens (tertiary/aromatic N) is 10. The van der Waals surface area contributed by atoms with Crippen LogP contribution in [0.3, 0.4) is 0 Å². The number of aliphatic hydroxyl groups is 2. The summed E-state index contributed by atoms with van der Waals surface area (Å²) in [5.74, 6) is 4.67. The van der Waals surface area contributed by atoms with Gasteiger partial charge < -0.3 is 43.2 Å². The van der Waals surface area contributed by atoms with E-state index < -0.39 is 79.4 Å². The molecule has 0 saturated carbocycles. The molecule has 110 heavy (non-hydrogen) atoms. The highest BCUT2D eigenvalue weighted by atomic mass is 31.1. The third-order valence-corrected chi connectivity index (χ3v) is 20.1. The van der Waals surface area contributed by atoms with E-state index in [0.29, 0.717) is 58.9 Å². The van der Waals surface area contributed by atoms with Crippen LogP contribution in [0.1, 0.15) is 80.0 Å². The summed E-state index contributed by atoms with van der Waals surface area (Å²) in [6.07, 6.45) is 0.689. The predicted molar refractivity (Wildman–Crippen MR) is 413 cm³/mol. The van der Waals surface area contributed by atoms with Crippen molar-refractivity contribution in [3.05, 3.63) is 310 Å². The van der Waals surface area contributed by atoms with Crippen LogP contribution < -0.4 is 39.1 Å². The highest BCUT2D eigenvalue weighted by Gasteiger charge is 2.48. The van der Waals surface area contributed by atoms with Crippen molar-refractivity contribution in [2.75, 3.05) is 35.1 Å². The molecule has 1 unspecified atom stereocenters. The van der Waals surface area contributed by atoms with Crippen LogP contribution in [0.2, 0.25) is 0 Å². The lowest BCUT2D eigenvalue weighted by Gasteiger charge is -2.37. The maximum atomic E-state index is 14.9.